The van der Waals surface area contributed by atoms with Gasteiger partial charge in [-0.25, -0.2) is 0 Å². The molecule has 90 valence electrons. The lowest BCUT2D eigenvalue weighted by Gasteiger charge is -2.08. The summed E-state index contributed by atoms with van der Waals surface area (Å²) in [5, 5.41) is 13.1. The average molecular weight is 239 g/mol. The Morgan fingerprint density at radius 1 is 1.00 bits per heavy atom. The SMILES string of the molecule is [N-]=[N+]=NC[C@H](O)c1ccc(-c2ccccc2)cc1. The smallest absolute Gasteiger partial charge is 0.0846 e. The largest absolute Gasteiger partial charge is 0.388 e. The summed E-state index contributed by atoms with van der Waals surface area (Å²) in [6.07, 6.45) is -0.745. The number of hydrogen-bond donors (Lipinski definition) is 1. The first kappa shape index (κ1) is 12.2. The minimum Gasteiger partial charge on any atom is -0.388 e. The highest BCUT2D eigenvalue weighted by molar-refractivity contribution is 5.63. The minimum atomic E-state index is -0.745. The normalized spacial score (nSPS) is 11.6. The molecule has 0 aliphatic carbocycles. The predicted molar refractivity (Wildman–Crippen MR) is 70.9 cm³/mol. The van der Waals surface area contributed by atoms with E-state index in [0.717, 1.165) is 16.7 Å². The summed E-state index contributed by atoms with van der Waals surface area (Å²) >= 11 is 0. The molecule has 2 aromatic carbocycles. The van der Waals surface area contributed by atoms with Gasteiger partial charge in [-0.1, -0.05) is 59.7 Å². The standard InChI is InChI=1S/C14H13N3O/c15-17-16-10-14(18)13-8-6-12(7-9-13)11-4-2-1-3-5-11/h1-9,14,18H,10H2/t14-/m0/s1. The van der Waals surface area contributed by atoms with Gasteiger partial charge >= 0.3 is 0 Å². The van der Waals surface area contributed by atoms with Gasteiger partial charge in [0.15, 0.2) is 0 Å². The average Bonchev–Trinajstić information content (AvgIpc) is 2.46. The zero-order valence-electron chi connectivity index (χ0n) is 9.77. The Kier molecular flexibility index (Phi) is 3.97. The van der Waals surface area contributed by atoms with Crippen LogP contribution in [0, 0.1) is 0 Å². The molecule has 0 unspecified atom stereocenters. The number of benzene rings is 2. The maximum Gasteiger partial charge on any atom is 0.0846 e. The van der Waals surface area contributed by atoms with Gasteiger partial charge in [0.05, 0.1) is 12.6 Å². The number of aliphatic hydroxyl groups is 1. The number of rotatable bonds is 4. The molecule has 18 heavy (non-hydrogen) atoms. The molecule has 0 amide bonds. The molecule has 2 rings (SSSR count). The predicted octanol–water partition coefficient (Wildman–Crippen LogP) is 3.70. The van der Waals surface area contributed by atoms with Crippen LogP contribution in [-0.4, -0.2) is 11.7 Å². The molecule has 0 radical (unpaired) electrons. The van der Waals surface area contributed by atoms with E-state index in [-0.39, 0.29) is 6.54 Å². The first-order chi connectivity index (χ1) is 8.81. The van der Waals surface area contributed by atoms with E-state index in [1.165, 1.54) is 0 Å². The van der Waals surface area contributed by atoms with Gasteiger partial charge in [0.1, 0.15) is 0 Å². The van der Waals surface area contributed by atoms with Gasteiger partial charge in [-0.15, -0.1) is 0 Å². The van der Waals surface area contributed by atoms with E-state index in [4.69, 9.17) is 5.53 Å². The van der Waals surface area contributed by atoms with Crippen LogP contribution in [-0.2, 0) is 0 Å². The molecule has 2 aromatic rings. The quantitative estimate of drug-likeness (QED) is 0.493. The zero-order chi connectivity index (χ0) is 12.8. The lowest BCUT2D eigenvalue weighted by molar-refractivity contribution is 0.187. The van der Waals surface area contributed by atoms with Crippen molar-refractivity contribution >= 4 is 0 Å². The molecule has 0 heterocycles. The molecule has 0 spiro atoms. The van der Waals surface area contributed by atoms with Crippen LogP contribution in [0.5, 0.6) is 0 Å². The van der Waals surface area contributed by atoms with E-state index < -0.39 is 6.10 Å². The highest BCUT2D eigenvalue weighted by atomic mass is 16.3. The van der Waals surface area contributed by atoms with Gasteiger partial charge in [-0.3, -0.25) is 0 Å². The Morgan fingerprint density at radius 2 is 1.61 bits per heavy atom. The lowest BCUT2D eigenvalue weighted by Crippen LogP contribution is -2.00. The van der Waals surface area contributed by atoms with Crippen molar-refractivity contribution in [3.63, 3.8) is 0 Å². The van der Waals surface area contributed by atoms with Crippen LogP contribution in [0.15, 0.2) is 59.7 Å². The third kappa shape index (κ3) is 2.88. The van der Waals surface area contributed by atoms with Crippen molar-refractivity contribution in [2.24, 2.45) is 5.11 Å². The second kappa shape index (κ2) is 5.87. The third-order valence-corrected chi connectivity index (χ3v) is 2.72. The van der Waals surface area contributed by atoms with Gasteiger partial charge in [-0.2, -0.15) is 0 Å². The first-order valence-electron chi connectivity index (χ1n) is 5.65. The maximum atomic E-state index is 9.75. The molecule has 1 atom stereocenters. The van der Waals surface area contributed by atoms with Crippen molar-refractivity contribution < 1.29 is 5.11 Å². The fraction of sp³-hybridized carbons (Fsp3) is 0.143. The highest BCUT2D eigenvalue weighted by Crippen LogP contribution is 2.21. The number of hydrogen-bond acceptors (Lipinski definition) is 2. The molecule has 1 N–H and O–H groups in total. The van der Waals surface area contributed by atoms with E-state index in [2.05, 4.69) is 10.0 Å². The third-order valence-electron chi connectivity index (χ3n) is 2.72. The van der Waals surface area contributed by atoms with Gasteiger partial charge in [0.2, 0.25) is 0 Å². The van der Waals surface area contributed by atoms with Crippen LogP contribution in [0.25, 0.3) is 21.6 Å². The molecule has 0 saturated carbocycles. The zero-order valence-corrected chi connectivity index (χ0v) is 9.77. The Bertz CT molecular complexity index is 545. The van der Waals surface area contributed by atoms with Crippen LogP contribution in [0.4, 0.5) is 0 Å². The first-order valence-corrected chi connectivity index (χ1v) is 5.65. The Labute approximate surface area is 105 Å². The van der Waals surface area contributed by atoms with E-state index in [1.807, 2.05) is 54.6 Å². The second-order valence-corrected chi connectivity index (χ2v) is 3.92. The number of nitrogens with zero attached hydrogens (tertiary/aromatic N) is 3. The summed E-state index contributed by atoms with van der Waals surface area (Å²) in [7, 11) is 0. The molecular weight excluding hydrogens is 226 g/mol. The summed E-state index contributed by atoms with van der Waals surface area (Å²) in [5.74, 6) is 0. The summed E-state index contributed by atoms with van der Waals surface area (Å²) in [5.41, 5.74) is 11.2. The Hall–Kier alpha value is -2.29. The second-order valence-electron chi connectivity index (χ2n) is 3.92. The summed E-state index contributed by atoms with van der Waals surface area (Å²) < 4.78 is 0. The van der Waals surface area contributed by atoms with Crippen LogP contribution < -0.4 is 0 Å². The van der Waals surface area contributed by atoms with Gasteiger partial charge in [0, 0.05) is 4.91 Å². The Morgan fingerprint density at radius 3 is 2.22 bits per heavy atom. The molecule has 0 bridgehead atoms. The number of azide groups is 1. The van der Waals surface area contributed by atoms with Gasteiger partial charge in [-0.05, 0) is 22.2 Å². The van der Waals surface area contributed by atoms with Crippen LogP contribution in [0.1, 0.15) is 11.7 Å². The van der Waals surface area contributed by atoms with Crippen LogP contribution in [0.3, 0.4) is 0 Å². The molecule has 4 heteroatoms. The number of aliphatic hydroxyl groups excluding tert-OH is 1. The fourth-order valence-electron chi connectivity index (χ4n) is 1.75. The summed E-state index contributed by atoms with van der Waals surface area (Å²) in [6, 6.07) is 17.6. The van der Waals surface area contributed by atoms with Crippen molar-refractivity contribution in [2.75, 3.05) is 6.54 Å². The van der Waals surface area contributed by atoms with Crippen LogP contribution >= 0.6 is 0 Å². The van der Waals surface area contributed by atoms with Gasteiger partial charge < -0.3 is 5.11 Å². The Balaban J connectivity index is 2.17. The maximum absolute atomic E-state index is 9.75. The lowest BCUT2D eigenvalue weighted by atomic mass is 10.0. The molecule has 0 aliphatic rings. The highest BCUT2D eigenvalue weighted by Gasteiger charge is 2.06. The minimum absolute atomic E-state index is 0.0567. The molecule has 0 fully saturated rings. The molecule has 0 aromatic heterocycles. The van der Waals surface area contributed by atoms with Crippen LogP contribution in [0.2, 0.25) is 0 Å². The van der Waals surface area contributed by atoms with Crippen molar-refractivity contribution in [3.8, 4) is 11.1 Å². The van der Waals surface area contributed by atoms with E-state index >= 15 is 0 Å². The van der Waals surface area contributed by atoms with Crippen molar-refractivity contribution in [1.82, 2.24) is 0 Å². The van der Waals surface area contributed by atoms with E-state index in [1.54, 1.807) is 0 Å². The molecule has 4 nitrogen and oxygen atoms in total. The fourth-order valence-corrected chi connectivity index (χ4v) is 1.75. The van der Waals surface area contributed by atoms with Crippen molar-refractivity contribution in [3.05, 3.63) is 70.6 Å². The van der Waals surface area contributed by atoms with E-state index in [9.17, 15) is 5.11 Å². The van der Waals surface area contributed by atoms with Crippen molar-refractivity contribution in [2.45, 2.75) is 6.10 Å². The summed E-state index contributed by atoms with van der Waals surface area (Å²) in [4.78, 5) is 2.63. The molecule has 0 aliphatic heterocycles. The molecule has 0 saturated heterocycles. The summed E-state index contributed by atoms with van der Waals surface area (Å²) in [6.45, 7) is 0.0567. The van der Waals surface area contributed by atoms with E-state index in [0.29, 0.717) is 0 Å². The topological polar surface area (TPSA) is 69.0 Å². The molecular formula is C14H13N3O. The van der Waals surface area contributed by atoms with Gasteiger partial charge in [0.25, 0.3) is 0 Å². The monoisotopic (exact) mass is 239 g/mol. The van der Waals surface area contributed by atoms with Crippen molar-refractivity contribution in [1.29, 1.82) is 0 Å².